The number of rotatable bonds is 11. The summed E-state index contributed by atoms with van der Waals surface area (Å²) in [5.74, 6) is 0. The van der Waals surface area contributed by atoms with Crippen LogP contribution >= 0.6 is 0 Å². The highest BCUT2D eigenvalue weighted by Gasteiger charge is 2.10. The first-order valence-corrected chi connectivity index (χ1v) is 9.37. The Morgan fingerprint density at radius 1 is 0.960 bits per heavy atom. The average molecular weight is 341 g/mol. The van der Waals surface area contributed by atoms with E-state index < -0.39 is 0 Å². The molecule has 0 aliphatic rings. The van der Waals surface area contributed by atoms with Crippen LogP contribution in [0.3, 0.4) is 0 Å². The number of hydrogen-bond acceptors (Lipinski definition) is 2. The molecule has 0 radical (unpaired) electrons. The van der Waals surface area contributed by atoms with Gasteiger partial charge in [0.05, 0.1) is 0 Å². The fraction of sp³-hybridized carbons (Fsp3) is 0.478. The summed E-state index contributed by atoms with van der Waals surface area (Å²) >= 11 is 0. The Hall–Kier alpha value is -1.96. The fourth-order valence-corrected chi connectivity index (χ4v) is 2.92. The van der Waals surface area contributed by atoms with Gasteiger partial charge in [-0.1, -0.05) is 43.1 Å². The average Bonchev–Trinajstić information content (AvgIpc) is 2.59. The molecule has 0 bridgehead atoms. The van der Waals surface area contributed by atoms with Crippen LogP contribution in [-0.2, 0) is 12.8 Å². The molecule has 2 heteroatoms. The first kappa shape index (κ1) is 21.1. The summed E-state index contributed by atoms with van der Waals surface area (Å²) in [7, 11) is 0. The van der Waals surface area contributed by atoms with Crippen molar-refractivity contribution in [3.8, 4) is 0 Å². The van der Waals surface area contributed by atoms with Gasteiger partial charge in [-0.25, -0.2) is 0 Å². The predicted octanol–water partition coefficient (Wildman–Crippen LogP) is 6.28. The number of carbonyl (C=O) groups excluding carboxylic acids is 2. The molecule has 0 aromatic heterocycles. The van der Waals surface area contributed by atoms with Gasteiger partial charge in [0, 0.05) is 11.1 Å². The van der Waals surface area contributed by atoms with E-state index in [2.05, 4.69) is 39.8 Å². The van der Waals surface area contributed by atoms with Gasteiger partial charge in [-0.3, -0.25) is 9.59 Å². The van der Waals surface area contributed by atoms with Gasteiger partial charge in [-0.05, 0) is 76.1 Å². The Bertz CT molecular complexity index is 602. The molecular formula is C23H32O2. The molecular weight excluding hydrogens is 308 g/mol. The van der Waals surface area contributed by atoms with Crippen LogP contribution in [0, 0.1) is 0 Å². The van der Waals surface area contributed by atoms with Crippen molar-refractivity contribution in [3.05, 3.63) is 57.7 Å². The maximum atomic E-state index is 11.5. The van der Waals surface area contributed by atoms with E-state index in [0.717, 1.165) is 55.8 Å². The Morgan fingerprint density at radius 3 is 2.12 bits per heavy atom. The summed E-state index contributed by atoms with van der Waals surface area (Å²) in [4.78, 5) is 23.0. The van der Waals surface area contributed by atoms with E-state index in [-0.39, 0.29) is 0 Å². The molecule has 0 amide bonds. The molecule has 1 aromatic rings. The molecule has 0 atom stereocenters. The minimum atomic E-state index is 0.637. The third kappa shape index (κ3) is 7.64. The van der Waals surface area contributed by atoms with E-state index in [9.17, 15) is 9.59 Å². The lowest BCUT2D eigenvalue weighted by molar-refractivity contribution is 0.112. The largest absolute Gasteiger partial charge is 0.298 e. The second kappa shape index (κ2) is 11.6. The van der Waals surface area contributed by atoms with E-state index in [1.807, 2.05) is 12.1 Å². The van der Waals surface area contributed by atoms with E-state index in [4.69, 9.17) is 0 Å². The first-order valence-electron chi connectivity index (χ1n) is 9.37. The third-order valence-corrected chi connectivity index (χ3v) is 4.45. The van der Waals surface area contributed by atoms with Crippen LogP contribution in [0.2, 0.25) is 0 Å². The summed E-state index contributed by atoms with van der Waals surface area (Å²) in [6, 6.07) is 3.91. The highest BCUT2D eigenvalue weighted by atomic mass is 16.1. The van der Waals surface area contributed by atoms with Gasteiger partial charge in [0.25, 0.3) is 0 Å². The molecule has 0 spiro atoms. The molecule has 25 heavy (non-hydrogen) atoms. The maximum Gasteiger partial charge on any atom is 0.150 e. The van der Waals surface area contributed by atoms with Crippen LogP contribution in [0.25, 0.3) is 0 Å². The smallest absolute Gasteiger partial charge is 0.150 e. The van der Waals surface area contributed by atoms with Crippen LogP contribution in [0.5, 0.6) is 0 Å². The maximum absolute atomic E-state index is 11.5. The quantitative estimate of drug-likeness (QED) is 0.270. The molecule has 0 heterocycles. The van der Waals surface area contributed by atoms with E-state index in [0.29, 0.717) is 17.5 Å². The van der Waals surface area contributed by atoms with Crippen molar-refractivity contribution in [3.63, 3.8) is 0 Å². The van der Waals surface area contributed by atoms with Gasteiger partial charge in [0.15, 0.2) is 0 Å². The van der Waals surface area contributed by atoms with Crippen molar-refractivity contribution < 1.29 is 9.59 Å². The van der Waals surface area contributed by atoms with Crippen molar-refractivity contribution in [1.29, 1.82) is 0 Å². The van der Waals surface area contributed by atoms with Gasteiger partial charge in [-0.2, -0.15) is 0 Å². The lowest BCUT2D eigenvalue weighted by Crippen LogP contribution is -2.01. The van der Waals surface area contributed by atoms with Gasteiger partial charge in [0.1, 0.15) is 12.6 Å². The summed E-state index contributed by atoms with van der Waals surface area (Å²) in [6.45, 7) is 8.49. The van der Waals surface area contributed by atoms with Crippen molar-refractivity contribution in [2.75, 3.05) is 0 Å². The van der Waals surface area contributed by atoms with Crippen molar-refractivity contribution in [2.45, 2.75) is 72.6 Å². The second-order valence-corrected chi connectivity index (χ2v) is 7.02. The number of unbranched alkanes of at least 4 members (excludes halogenated alkanes) is 2. The molecule has 2 nitrogen and oxygen atoms in total. The minimum Gasteiger partial charge on any atom is -0.298 e. The van der Waals surface area contributed by atoms with E-state index in [1.165, 1.54) is 17.6 Å². The molecule has 0 aliphatic carbocycles. The summed E-state index contributed by atoms with van der Waals surface area (Å²) in [6.07, 6.45) is 13.2. The molecule has 0 saturated carbocycles. The zero-order valence-electron chi connectivity index (χ0n) is 16.2. The molecule has 1 rings (SSSR count). The number of allylic oxidation sites excluding steroid dienone is 4. The summed E-state index contributed by atoms with van der Waals surface area (Å²) in [5.41, 5.74) is 5.88. The lowest BCUT2D eigenvalue weighted by Gasteiger charge is -2.10. The highest BCUT2D eigenvalue weighted by Crippen LogP contribution is 2.20. The number of benzene rings is 1. The normalized spacial score (nSPS) is 11.3. The zero-order chi connectivity index (χ0) is 18.7. The predicted molar refractivity (Wildman–Crippen MR) is 107 cm³/mol. The van der Waals surface area contributed by atoms with Crippen LogP contribution in [0.15, 0.2) is 35.4 Å². The second-order valence-electron chi connectivity index (χ2n) is 7.02. The SMILES string of the molecule is CCCCCc1cc(C=O)c(C/C=C(\C)CCC=C(C)C)c(C=O)c1. The minimum absolute atomic E-state index is 0.637. The molecule has 0 aliphatic heterocycles. The topological polar surface area (TPSA) is 34.1 Å². The van der Waals surface area contributed by atoms with Gasteiger partial charge in [-0.15, -0.1) is 0 Å². The Balaban J connectivity index is 2.92. The molecule has 136 valence electrons. The van der Waals surface area contributed by atoms with Crippen LogP contribution in [0.4, 0.5) is 0 Å². The molecule has 0 saturated heterocycles. The zero-order valence-corrected chi connectivity index (χ0v) is 16.2. The number of carbonyl (C=O) groups is 2. The number of aryl methyl sites for hydroxylation is 1. The van der Waals surface area contributed by atoms with Crippen molar-refractivity contribution >= 4 is 12.6 Å². The first-order chi connectivity index (χ1) is 12.0. The standard InChI is InChI=1S/C23H32O2/c1-5-6-7-11-20-14-21(16-24)23(22(15-20)17-25)13-12-19(4)10-8-9-18(2)3/h9,12,14-17H,5-8,10-11,13H2,1-4H3/b19-12+. The Labute approximate surface area is 153 Å². The van der Waals surface area contributed by atoms with Gasteiger partial charge in [0.2, 0.25) is 0 Å². The van der Waals surface area contributed by atoms with Crippen LogP contribution in [0.1, 0.15) is 91.6 Å². The lowest BCUT2D eigenvalue weighted by atomic mass is 9.93. The number of hydrogen-bond donors (Lipinski definition) is 0. The van der Waals surface area contributed by atoms with E-state index >= 15 is 0 Å². The van der Waals surface area contributed by atoms with Gasteiger partial charge < -0.3 is 0 Å². The third-order valence-electron chi connectivity index (χ3n) is 4.45. The van der Waals surface area contributed by atoms with Crippen LogP contribution in [-0.4, -0.2) is 12.6 Å². The fourth-order valence-electron chi connectivity index (χ4n) is 2.92. The van der Waals surface area contributed by atoms with Gasteiger partial charge >= 0.3 is 0 Å². The summed E-state index contributed by atoms with van der Waals surface area (Å²) in [5, 5.41) is 0. The number of aldehydes is 2. The van der Waals surface area contributed by atoms with E-state index in [1.54, 1.807) is 0 Å². The molecule has 0 fully saturated rings. The van der Waals surface area contributed by atoms with Crippen molar-refractivity contribution in [1.82, 2.24) is 0 Å². The molecule has 0 N–H and O–H groups in total. The summed E-state index contributed by atoms with van der Waals surface area (Å²) < 4.78 is 0. The Morgan fingerprint density at radius 2 is 1.60 bits per heavy atom. The van der Waals surface area contributed by atoms with Crippen LogP contribution < -0.4 is 0 Å². The highest BCUT2D eigenvalue weighted by molar-refractivity contribution is 5.86. The molecule has 0 unspecified atom stereocenters. The monoisotopic (exact) mass is 340 g/mol. The van der Waals surface area contributed by atoms with Crippen molar-refractivity contribution in [2.24, 2.45) is 0 Å². The Kier molecular flexibility index (Phi) is 9.76. The molecule has 1 aromatic carbocycles.